The molecule has 5 heteroatoms. The van der Waals surface area contributed by atoms with Crippen LogP contribution in [0.2, 0.25) is 0 Å². The Kier molecular flexibility index (Phi) is 5.59. The monoisotopic (exact) mass is 326 g/mol. The van der Waals surface area contributed by atoms with Gasteiger partial charge in [-0.25, -0.2) is 0 Å². The molecule has 124 valence electrons. The molecule has 0 amide bonds. The van der Waals surface area contributed by atoms with Crippen LogP contribution in [0.5, 0.6) is 11.5 Å². The fraction of sp³-hybridized carbons (Fsp3) is 0.647. The van der Waals surface area contributed by atoms with Crippen molar-refractivity contribution in [2.75, 3.05) is 40.4 Å². The van der Waals surface area contributed by atoms with E-state index in [2.05, 4.69) is 29.3 Å². The van der Waals surface area contributed by atoms with Crippen molar-refractivity contribution in [2.45, 2.75) is 26.3 Å². The topological polar surface area (TPSA) is 33.7 Å². The lowest BCUT2D eigenvalue weighted by Gasteiger charge is -2.23. The molecule has 1 N–H and O–H groups in total. The fourth-order valence-corrected chi connectivity index (χ4v) is 3.74. The first-order valence-electron chi connectivity index (χ1n) is 7.80. The Morgan fingerprint density at radius 2 is 1.91 bits per heavy atom. The number of halogens is 1. The average Bonchev–Trinajstić information content (AvgIpc) is 3.11. The number of nitrogens with zero attached hydrogens (tertiary/aromatic N) is 1. The van der Waals surface area contributed by atoms with Gasteiger partial charge in [-0.3, -0.25) is 4.90 Å². The smallest absolute Gasteiger partial charge is 0.161 e. The standard InChI is InChI=1S/C17H26N2O2.ClH/c1-13-8-15(20-2)16(21-3)9-14(13)10-19-7-5-17(12-19)4-6-18-11-17;/h8-9,18H,4-7,10-12H2,1-3H3;1H. The molecular formula is C17H27ClN2O2. The molecular weight excluding hydrogens is 300 g/mol. The lowest BCUT2D eigenvalue weighted by atomic mass is 9.86. The van der Waals surface area contributed by atoms with Crippen molar-refractivity contribution in [1.29, 1.82) is 0 Å². The van der Waals surface area contributed by atoms with E-state index in [9.17, 15) is 0 Å². The molecule has 2 aliphatic heterocycles. The number of hydrogen-bond donors (Lipinski definition) is 1. The molecule has 1 aromatic carbocycles. The molecule has 0 bridgehead atoms. The van der Waals surface area contributed by atoms with E-state index in [0.717, 1.165) is 18.0 Å². The summed E-state index contributed by atoms with van der Waals surface area (Å²) in [5.41, 5.74) is 3.15. The lowest BCUT2D eigenvalue weighted by molar-refractivity contribution is 0.267. The summed E-state index contributed by atoms with van der Waals surface area (Å²) in [7, 11) is 3.39. The molecule has 1 unspecified atom stereocenters. The van der Waals surface area contributed by atoms with Gasteiger partial charge >= 0.3 is 0 Å². The Bertz CT molecular complexity index is 516. The van der Waals surface area contributed by atoms with E-state index in [1.807, 2.05) is 0 Å². The minimum Gasteiger partial charge on any atom is -0.493 e. The maximum absolute atomic E-state index is 5.44. The molecule has 0 aliphatic carbocycles. The lowest BCUT2D eigenvalue weighted by Crippen LogP contribution is -2.29. The summed E-state index contributed by atoms with van der Waals surface area (Å²) in [6.07, 6.45) is 2.65. The zero-order valence-corrected chi connectivity index (χ0v) is 14.6. The Hall–Kier alpha value is -0.970. The number of benzene rings is 1. The fourth-order valence-electron chi connectivity index (χ4n) is 3.74. The summed E-state index contributed by atoms with van der Waals surface area (Å²) in [6.45, 7) is 7.95. The maximum Gasteiger partial charge on any atom is 0.161 e. The molecule has 2 heterocycles. The first-order chi connectivity index (χ1) is 10.2. The molecule has 0 aromatic heterocycles. The minimum absolute atomic E-state index is 0. The van der Waals surface area contributed by atoms with Crippen LogP contribution in [-0.2, 0) is 6.54 Å². The molecule has 2 aliphatic rings. The second-order valence-corrected chi connectivity index (χ2v) is 6.52. The van der Waals surface area contributed by atoms with Gasteiger partial charge in [0.2, 0.25) is 0 Å². The highest BCUT2D eigenvalue weighted by Gasteiger charge is 2.40. The van der Waals surface area contributed by atoms with Crippen molar-refractivity contribution in [3.05, 3.63) is 23.3 Å². The third kappa shape index (κ3) is 3.34. The van der Waals surface area contributed by atoms with Crippen molar-refractivity contribution in [1.82, 2.24) is 10.2 Å². The van der Waals surface area contributed by atoms with E-state index in [-0.39, 0.29) is 12.4 Å². The molecule has 22 heavy (non-hydrogen) atoms. The first-order valence-corrected chi connectivity index (χ1v) is 7.80. The van der Waals surface area contributed by atoms with E-state index >= 15 is 0 Å². The van der Waals surface area contributed by atoms with Crippen LogP contribution in [0.15, 0.2) is 12.1 Å². The number of rotatable bonds is 4. The zero-order valence-electron chi connectivity index (χ0n) is 13.8. The number of aryl methyl sites for hydroxylation is 1. The van der Waals surface area contributed by atoms with Gasteiger partial charge < -0.3 is 14.8 Å². The van der Waals surface area contributed by atoms with Gasteiger partial charge in [-0.2, -0.15) is 0 Å². The summed E-state index contributed by atoms with van der Waals surface area (Å²) >= 11 is 0. The molecule has 0 radical (unpaired) electrons. The zero-order chi connectivity index (χ0) is 14.9. The summed E-state index contributed by atoms with van der Waals surface area (Å²) in [4.78, 5) is 2.58. The first kappa shape index (κ1) is 17.4. The molecule has 3 rings (SSSR count). The Morgan fingerprint density at radius 1 is 1.18 bits per heavy atom. The van der Waals surface area contributed by atoms with Crippen LogP contribution in [-0.4, -0.2) is 45.3 Å². The number of likely N-dealkylation sites (tertiary alicyclic amines) is 1. The van der Waals surface area contributed by atoms with Crippen molar-refractivity contribution < 1.29 is 9.47 Å². The van der Waals surface area contributed by atoms with Crippen LogP contribution < -0.4 is 14.8 Å². The van der Waals surface area contributed by atoms with Gasteiger partial charge in [-0.05, 0) is 61.5 Å². The molecule has 0 saturated carbocycles. The Morgan fingerprint density at radius 3 is 2.55 bits per heavy atom. The van der Waals surface area contributed by atoms with Crippen LogP contribution in [0.4, 0.5) is 0 Å². The van der Waals surface area contributed by atoms with Crippen molar-refractivity contribution in [3.8, 4) is 11.5 Å². The van der Waals surface area contributed by atoms with Gasteiger partial charge in [-0.1, -0.05) is 0 Å². The quantitative estimate of drug-likeness (QED) is 0.922. The van der Waals surface area contributed by atoms with Gasteiger partial charge in [0, 0.05) is 19.6 Å². The molecule has 1 atom stereocenters. The second kappa shape index (κ2) is 7.07. The third-order valence-electron chi connectivity index (χ3n) is 5.09. The van der Waals surface area contributed by atoms with Crippen LogP contribution in [0.25, 0.3) is 0 Å². The second-order valence-electron chi connectivity index (χ2n) is 6.52. The van der Waals surface area contributed by atoms with Gasteiger partial charge in [0.15, 0.2) is 11.5 Å². The van der Waals surface area contributed by atoms with Crippen LogP contribution in [0.1, 0.15) is 24.0 Å². The molecule has 1 aromatic rings. The predicted molar refractivity (Wildman–Crippen MR) is 91.3 cm³/mol. The Balaban J connectivity index is 0.00000176. The summed E-state index contributed by atoms with van der Waals surface area (Å²) in [5.74, 6) is 1.64. The Labute approximate surface area is 139 Å². The van der Waals surface area contributed by atoms with Crippen molar-refractivity contribution in [3.63, 3.8) is 0 Å². The SMILES string of the molecule is COc1cc(C)c(CN2CCC3(CCNC3)C2)cc1OC.Cl. The normalized spacial score (nSPS) is 24.5. The third-order valence-corrected chi connectivity index (χ3v) is 5.09. The number of hydrogen-bond acceptors (Lipinski definition) is 4. The summed E-state index contributed by atoms with van der Waals surface area (Å²) in [5, 5.41) is 3.52. The van der Waals surface area contributed by atoms with Gasteiger partial charge in [-0.15, -0.1) is 12.4 Å². The van der Waals surface area contributed by atoms with Gasteiger partial charge in [0.05, 0.1) is 14.2 Å². The molecule has 1 spiro atoms. The number of ether oxygens (including phenoxy) is 2. The highest BCUT2D eigenvalue weighted by molar-refractivity contribution is 5.85. The molecule has 2 fully saturated rings. The largest absolute Gasteiger partial charge is 0.493 e. The van der Waals surface area contributed by atoms with Crippen molar-refractivity contribution in [2.24, 2.45) is 5.41 Å². The highest BCUT2D eigenvalue weighted by Crippen LogP contribution is 2.37. The van der Waals surface area contributed by atoms with Crippen LogP contribution in [0.3, 0.4) is 0 Å². The summed E-state index contributed by atoms with van der Waals surface area (Å²) < 4.78 is 10.8. The highest BCUT2D eigenvalue weighted by atomic mass is 35.5. The molecule has 2 saturated heterocycles. The molecule has 4 nitrogen and oxygen atoms in total. The average molecular weight is 327 g/mol. The predicted octanol–water partition coefficient (Wildman–Crippen LogP) is 2.62. The van der Waals surface area contributed by atoms with E-state index in [1.165, 1.54) is 50.1 Å². The minimum atomic E-state index is 0. The van der Waals surface area contributed by atoms with E-state index in [1.54, 1.807) is 14.2 Å². The van der Waals surface area contributed by atoms with E-state index < -0.39 is 0 Å². The van der Waals surface area contributed by atoms with E-state index in [4.69, 9.17) is 9.47 Å². The van der Waals surface area contributed by atoms with Gasteiger partial charge in [0.25, 0.3) is 0 Å². The van der Waals surface area contributed by atoms with Crippen LogP contribution >= 0.6 is 12.4 Å². The van der Waals surface area contributed by atoms with Gasteiger partial charge in [0.1, 0.15) is 0 Å². The number of methoxy groups -OCH3 is 2. The summed E-state index contributed by atoms with van der Waals surface area (Å²) in [6, 6.07) is 4.21. The number of nitrogens with one attached hydrogen (secondary N) is 1. The maximum atomic E-state index is 5.44. The van der Waals surface area contributed by atoms with E-state index in [0.29, 0.717) is 5.41 Å². The van der Waals surface area contributed by atoms with Crippen LogP contribution in [0, 0.1) is 12.3 Å². The van der Waals surface area contributed by atoms with Crippen molar-refractivity contribution >= 4 is 12.4 Å².